The lowest BCUT2D eigenvalue weighted by atomic mass is 10.1. The molecular weight excluding hydrogens is 226 g/mol. The monoisotopic (exact) mass is 255 g/mol. The summed E-state index contributed by atoms with van der Waals surface area (Å²) in [7, 11) is 0. The third-order valence-corrected chi connectivity index (χ3v) is 4.10. The van der Waals surface area contributed by atoms with Crippen molar-refractivity contribution >= 4 is 0 Å². The normalized spacial score (nSPS) is 25.2. The van der Waals surface area contributed by atoms with Gasteiger partial charge < -0.3 is 19.9 Å². The van der Waals surface area contributed by atoms with Crippen LogP contribution in [-0.2, 0) is 4.74 Å². The van der Waals surface area contributed by atoms with Crippen molar-refractivity contribution in [3.05, 3.63) is 0 Å². The van der Waals surface area contributed by atoms with Crippen molar-refractivity contribution < 1.29 is 4.74 Å². The standard InChI is InChI=1S/C14H29N3O/c1-2-18-14-4-9-17(10-5-14)13-12-16-8-3-6-15-7-11-16/h14-15H,2-13H2,1H3. The lowest BCUT2D eigenvalue weighted by Crippen LogP contribution is -2.42. The Morgan fingerprint density at radius 1 is 1.00 bits per heavy atom. The summed E-state index contributed by atoms with van der Waals surface area (Å²) in [5, 5.41) is 3.46. The van der Waals surface area contributed by atoms with Gasteiger partial charge in [0.15, 0.2) is 0 Å². The Hall–Kier alpha value is -0.160. The Balaban J connectivity index is 1.59. The maximum Gasteiger partial charge on any atom is 0.0599 e. The van der Waals surface area contributed by atoms with Gasteiger partial charge in [0.2, 0.25) is 0 Å². The quantitative estimate of drug-likeness (QED) is 0.786. The molecule has 2 aliphatic rings. The summed E-state index contributed by atoms with van der Waals surface area (Å²) in [6, 6.07) is 0. The average molecular weight is 255 g/mol. The summed E-state index contributed by atoms with van der Waals surface area (Å²) in [4.78, 5) is 5.21. The first-order valence-corrected chi connectivity index (χ1v) is 7.65. The molecule has 2 saturated heterocycles. The molecular formula is C14H29N3O. The zero-order valence-corrected chi connectivity index (χ0v) is 11.9. The molecule has 18 heavy (non-hydrogen) atoms. The molecule has 0 amide bonds. The first-order valence-electron chi connectivity index (χ1n) is 7.65. The van der Waals surface area contributed by atoms with E-state index in [4.69, 9.17) is 4.74 Å². The van der Waals surface area contributed by atoms with E-state index in [1.54, 1.807) is 0 Å². The highest BCUT2D eigenvalue weighted by atomic mass is 16.5. The zero-order chi connectivity index (χ0) is 12.6. The minimum Gasteiger partial charge on any atom is -0.378 e. The number of likely N-dealkylation sites (tertiary alicyclic amines) is 1. The van der Waals surface area contributed by atoms with Gasteiger partial charge in [0.1, 0.15) is 0 Å². The largest absolute Gasteiger partial charge is 0.378 e. The van der Waals surface area contributed by atoms with E-state index in [0.29, 0.717) is 6.10 Å². The number of piperidine rings is 1. The van der Waals surface area contributed by atoms with Crippen LogP contribution in [0.1, 0.15) is 26.2 Å². The van der Waals surface area contributed by atoms with Crippen molar-refractivity contribution in [1.29, 1.82) is 0 Å². The Morgan fingerprint density at radius 2 is 1.72 bits per heavy atom. The predicted octanol–water partition coefficient (Wildman–Crippen LogP) is 0.783. The van der Waals surface area contributed by atoms with E-state index in [1.165, 1.54) is 65.1 Å². The van der Waals surface area contributed by atoms with Gasteiger partial charge >= 0.3 is 0 Å². The molecule has 106 valence electrons. The molecule has 0 aromatic carbocycles. The van der Waals surface area contributed by atoms with Crippen molar-refractivity contribution in [3.63, 3.8) is 0 Å². The molecule has 1 N–H and O–H groups in total. The predicted molar refractivity (Wildman–Crippen MR) is 75.0 cm³/mol. The second-order valence-corrected chi connectivity index (χ2v) is 5.44. The van der Waals surface area contributed by atoms with Crippen molar-refractivity contribution in [1.82, 2.24) is 15.1 Å². The molecule has 2 aliphatic heterocycles. The van der Waals surface area contributed by atoms with Crippen molar-refractivity contribution in [3.8, 4) is 0 Å². The molecule has 0 aliphatic carbocycles. The second kappa shape index (κ2) is 8.10. The van der Waals surface area contributed by atoms with E-state index in [-0.39, 0.29) is 0 Å². The van der Waals surface area contributed by atoms with Gasteiger partial charge in [-0.25, -0.2) is 0 Å². The minimum atomic E-state index is 0.522. The number of ether oxygens (including phenoxy) is 1. The highest BCUT2D eigenvalue weighted by Gasteiger charge is 2.19. The highest BCUT2D eigenvalue weighted by Crippen LogP contribution is 2.13. The lowest BCUT2D eigenvalue weighted by molar-refractivity contribution is 0.0126. The van der Waals surface area contributed by atoms with Gasteiger partial charge in [-0.1, -0.05) is 0 Å². The maximum atomic E-state index is 5.70. The van der Waals surface area contributed by atoms with Crippen molar-refractivity contribution in [2.45, 2.75) is 32.3 Å². The Bertz CT molecular complexity index is 209. The SMILES string of the molecule is CCOC1CCN(CCN2CCCNCC2)CC1. The smallest absolute Gasteiger partial charge is 0.0599 e. The summed E-state index contributed by atoms with van der Waals surface area (Å²) < 4.78 is 5.70. The molecule has 0 bridgehead atoms. The summed E-state index contributed by atoms with van der Waals surface area (Å²) in [6.45, 7) is 12.7. The van der Waals surface area contributed by atoms with Crippen LogP contribution in [-0.4, -0.2) is 74.9 Å². The highest BCUT2D eigenvalue weighted by molar-refractivity contribution is 4.74. The topological polar surface area (TPSA) is 27.7 Å². The van der Waals surface area contributed by atoms with Gasteiger partial charge in [0.05, 0.1) is 6.10 Å². The van der Waals surface area contributed by atoms with Crippen LogP contribution >= 0.6 is 0 Å². The molecule has 2 heterocycles. The summed E-state index contributed by atoms with van der Waals surface area (Å²) in [5.74, 6) is 0. The third-order valence-electron chi connectivity index (χ3n) is 4.10. The van der Waals surface area contributed by atoms with E-state index in [9.17, 15) is 0 Å². The Labute approximate surface area is 112 Å². The van der Waals surface area contributed by atoms with Crippen LogP contribution in [0.15, 0.2) is 0 Å². The number of nitrogens with one attached hydrogen (secondary N) is 1. The van der Waals surface area contributed by atoms with Crippen molar-refractivity contribution in [2.75, 3.05) is 59.0 Å². The molecule has 0 saturated carbocycles. The van der Waals surface area contributed by atoms with Crippen LogP contribution in [0.25, 0.3) is 0 Å². The number of hydrogen-bond donors (Lipinski definition) is 1. The first-order chi connectivity index (χ1) is 8.88. The van der Waals surface area contributed by atoms with E-state index in [2.05, 4.69) is 22.0 Å². The van der Waals surface area contributed by atoms with Gasteiger partial charge in [0.25, 0.3) is 0 Å². The van der Waals surface area contributed by atoms with E-state index in [1.807, 2.05) is 0 Å². The van der Waals surface area contributed by atoms with E-state index >= 15 is 0 Å². The number of rotatable bonds is 5. The lowest BCUT2D eigenvalue weighted by Gasteiger charge is -2.33. The molecule has 0 unspecified atom stereocenters. The van der Waals surface area contributed by atoms with Crippen LogP contribution in [0.3, 0.4) is 0 Å². The molecule has 4 heteroatoms. The van der Waals surface area contributed by atoms with Gasteiger partial charge in [0, 0.05) is 45.9 Å². The fourth-order valence-corrected chi connectivity index (χ4v) is 2.94. The summed E-state index contributed by atoms with van der Waals surface area (Å²) in [5.41, 5.74) is 0. The third kappa shape index (κ3) is 4.84. The van der Waals surface area contributed by atoms with E-state index in [0.717, 1.165) is 13.2 Å². The molecule has 0 radical (unpaired) electrons. The summed E-state index contributed by atoms with van der Waals surface area (Å²) in [6.07, 6.45) is 4.26. The fraction of sp³-hybridized carbons (Fsp3) is 1.00. The average Bonchev–Trinajstić information content (AvgIpc) is 2.67. The molecule has 0 atom stereocenters. The zero-order valence-electron chi connectivity index (χ0n) is 11.9. The van der Waals surface area contributed by atoms with Crippen LogP contribution in [0, 0.1) is 0 Å². The van der Waals surface area contributed by atoms with Crippen LogP contribution in [0.5, 0.6) is 0 Å². The van der Waals surface area contributed by atoms with Crippen molar-refractivity contribution in [2.24, 2.45) is 0 Å². The van der Waals surface area contributed by atoms with Crippen LogP contribution in [0.2, 0.25) is 0 Å². The van der Waals surface area contributed by atoms with Crippen LogP contribution in [0.4, 0.5) is 0 Å². The minimum absolute atomic E-state index is 0.522. The molecule has 2 fully saturated rings. The summed E-state index contributed by atoms with van der Waals surface area (Å²) >= 11 is 0. The molecule has 0 aromatic heterocycles. The number of hydrogen-bond acceptors (Lipinski definition) is 4. The van der Waals surface area contributed by atoms with Gasteiger partial charge in [-0.2, -0.15) is 0 Å². The molecule has 4 nitrogen and oxygen atoms in total. The molecule has 0 aromatic rings. The van der Waals surface area contributed by atoms with Crippen LogP contribution < -0.4 is 5.32 Å². The molecule has 0 spiro atoms. The van der Waals surface area contributed by atoms with E-state index < -0.39 is 0 Å². The number of nitrogens with zero attached hydrogens (tertiary/aromatic N) is 2. The molecule has 2 rings (SSSR count). The second-order valence-electron chi connectivity index (χ2n) is 5.44. The maximum absolute atomic E-state index is 5.70. The van der Waals surface area contributed by atoms with Gasteiger partial charge in [-0.15, -0.1) is 0 Å². The van der Waals surface area contributed by atoms with Gasteiger partial charge in [-0.05, 0) is 39.3 Å². The Kier molecular flexibility index (Phi) is 6.41. The first kappa shape index (κ1) is 14.3. The Morgan fingerprint density at radius 3 is 2.44 bits per heavy atom. The fourth-order valence-electron chi connectivity index (χ4n) is 2.94. The van der Waals surface area contributed by atoms with Gasteiger partial charge in [-0.3, -0.25) is 0 Å².